The fourth-order valence-electron chi connectivity index (χ4n) is 7.59. The molecule has 0 aliphatic heterocycles. The van der Waals surface area contributed by atoms with Gasteiger partial charge in [0.2, 0.25) is 0 Å². The molecule has 0 bridgehead atoms. The number of hydrogen-bond donors (Lipinski definition) is 0. The molecule has 0 aromatic rings. The summed E-state index contributed by atoms with van der Waals surface area (Å²) in [4.78, 5) is 10.7. The van der Waals surface area contributed by atoms with E-state index in [1.54, 1.807) is 11.1 Å². The molecule has 3 heteroatoms. The van der Waals surface area contributed by atoms with E-state index in [0.29, 0.717) is 11.5 Å². The minimum atomic E-state index is -1.73. The normalized spacial score (nSPS) is 35.3. The van der Waals surface area contributed by atoms with E-state index in [1.165, 1.54) is 57.8 Å². The molecule has 3 aliphatic rings. The second-order valence-electron chi connectivity index (χ2n) is 14.3. The Morgan fingerprint density at radius 3 is 2.57 bits per heavy atom. The van der Waals surface area contributed by atoms with Crippen molar-refractivity contribution < 1.29 is 9.22 Å². The number of aldehydes is 1. The van der Waals surface area contributed by atoms with Gasteiger partial charge in [0.1, 0.15) is 6.29 Å². The van der Waals surface area contributed by atoms with Crippen molar-refractivity contribution in [3.05, 3.63) is 23.3 Å². The van der Waals surface area contributed by atoms with Crippen molar-refractivity contribution in [2.75, 3.05) is 0 Å². The molecule has 35 heavy (non-hydrogen) atoms. The van der Waals surface area contributed by atoms with Crippen molar-refractivity contribution in [1.29, 1.82) is 0 Å². The molecule has 0 spiro atoms. The van der Waals surface area contributed by atoms with Crippen LogP contribution in [0.15, 0.2) is 23.3 Å². The van der Waals surface area contributed by atoms with Crippen molar-refractivity contribution >= 4 is 14.6 Å². The number of hydrogen-bond acceptors (Lipinski definition) is 2. The Bertz CT molecular complexity index is 773. The number of fused-ring (bicyclic) bond motifs is 1. The molecule has 3 fully saturated rings. The number of carbonyl (C=O) groups excluding carboxylic acids is 1. The maximum Gasteiger partial charge on any atom is 0.192 e. The summed E-state index contributed by atoms with van der Waals surface area (Å²) >= 11 is 0. The molecule has 0 aromatic carbocycles. The monoisotopic (exact) mass is 500 g/mol. The Kier molecular flexibility index (Phi) is 9.74. The first-order valence-electron chi connectivity index (χ1n) is 14.9. The summed E-state index contributed by atoms with van der Waals surface area (Å²) in [5.41, 5.74) is 3.83. The summed E-state index contributed by atoms with van der Waals surface area (Å²) in [6, 6.07) is 0. The van der Waals surface area contributed by atoms with Gasteiger partial charge in [-0.15, -0.1) is 0 Å². The summed E-state index contributed by atoms with van der Waals surface area (Å²) in [5, 5.41) is 0.275. The minimum absolute atomic E-state index is 0.275. The van der Waals surface area contributed by atoms with Gasteiger partial charge in [-0.25, -0.2) is 0 Å². The van der Waals surface area contributed by atoms with Gasteiger partial charge >= 0.3 is 0 Å². The first-order valence-corrected chi connectivity index (χ1v) is 17.8. The van der Waals surface area contributed by atoms with Crippen LogP contribution in [0.5, 0.6) is 0 Å². The van der Waals surface area contributed by atoms with Gasteiger partial charge in [0, 0.05) is 12.5 Å². The maximum atomic E-state index is 10.7. The molecule has 6 atom stereocenters. The Morgan fingerprint density at radius 1 is 1.14 bits per heavy atom. The molecule has 0 unspecified atom stereocenters. The number of rotatable bonds is 9. The summed E-state index contributed by atoms with van der Waals surface area (Å²) in [5.74, 6) is 3.12. The highest BCUT2D eigenvalue weighted by atomic mass is 28.4. The van der Waals surface area contributed by atoms with Gasteiger partial charge in [0.25, 0.3) is 0 Å². The topological polar surface area (TPSA) is 26.3 Å². The zero-order valence-corrected chi connectivity index (χ0v) is 25.4. The highest BCUT2D eigenvalue weighted by molar-refractivity contribution is 6.74. The van der Waals surface area contributed by atoms with Gasteiger partial charge < -0.3 is 9.22 Å². The predicted octanol–water partition coefficient (Wildman–Crippen LogP) is 9.66. The van der Waals surface area contributed by atoms with Gasteiger partial charge in [-0.3, -0.25) is 0 Å². The van der Waals surface area contributed by atoms with Crippen LogP contribution in [0.25, 0.3) is 0 Å². The van der Waals surface area contributed by atoms with Crippen LogP contribution in [-0.2, 0) is 9.22 Å². The zero-order valence-electron chi connectivity index (χ0n) is 24.4. The van der Waals surface area contributed by atoms with Crippen LogP contribution >= 0.6 is 0 Å². The lowest BCUT2D eigenvalue weighted by atomic mass is 9.60. The Balaban J connectivity index is 1.68. The van der Waals surface area contributed by atoms with E-state index < -0.39 is 8.32 Å². The van der Waals surface area contributed by atoms with E-state index in [0.717, 1.165) is 49.2 Å². The zero-order chi connectivity index (χ0) is 25.9. The van der Waals surface area contributed by atoms with Crippen LogP contribution in [-0.4, -0.2) is 20.7 Å². The fourth-order valence-corrected chi connectivity index (χ4v) is 8.96. The molecule has 3 aliphatic carbocycles. The van der Waals surface area contributed by atoms with Crippen molar-refractivity contribution in [3.63, 3.8) is 0 Å². The van der Waals surface area contributed by atoms with Gasteiger partial charge in [-0.1, -0.05) is 77.7 Å². The molecule has 3 rings (SSSR count). The van der Waals surface area contributed by atoms with Crippen molar-refractivity contribution in [2.24, 2.45) is 29.1 Å². The van der Waals surface area contributed by atoms with Crippen LogP contribution < -0.4 is 0 Å². The predicted molar refractivity (Wildman–Crippen MR) is 153 cm³/mol. The van der Waals surface area contributed by atoms with Gasteiger partial charge in [-0.05, 0) is 105 Å². The third kappa shape index (κ3) is 7.01. The van der Waals surface area contributed by atoms with Crippen molar-refractivity contribution in [3.8, 4) is 0 Å². The van der Waals surface area contributed by atoms with Gasteiger partial charge in [0.15, 0.2) is 8.32 Å². The molecule has 0 saturated heterocycles. The second kappa shape index (κ2) is 11.8. The largest absolute Gasteiger partial charge is 0.414 e. The molecule has 0 aromatic heterocycles. The van der Waals surface area contributed by atoms with E-state index in [4.69, 9.17) is 4.43 Å². The summed E-state index contributed by atoms with van der Waals surface area (Å²) in [6.07, 6.45) is 21.3. The molecule has 200 valence electrons. The fraction of sp³-hybridized carbons (Fsp3) is 0.844. The first-order chi connectivity index (χ1) is 16.4. The third-order valence-corrected chi connectivity index (χ3v) is 15.1. The van der Waals surface area contributed by atoms with Gasteiger partial charge in [0.05, 0.1) is 0 Å². The molecular formula is C32H56O2Si. The lowest BCUT2D eigenvalue weighted by Gasteiger charge is -2.44. The standard InChI is InChI=1S/C32H56O2Si/c1-24-21-26(23-28(22-24)34-35(7,8)31(3,4)5)15-16-27-14-12-19-32(6)29(17-18-30(27)32)25(2)13-10-9-11-20-33/h15-16,20,24-25,28-30H,9-14,17-19,21-23H2,1-8H3/b26-15-,27-16+/t24-,25-,28+,29-,30+,32-/m1/s1. The minimum Gasteiger partial charge on any atom is -0.414 e. The van der Waals surface area contributed by atoms with E-state index in [2.05, 4.69) is 66.8 Å². The Labute approximate surface area is 218 Å². The van der Waals surface area contributed by atoms with E-state index in [-0.39, 0.29) is 5.04 Å². The summed E-state index contributed by atoms with van der Waals surface area (Å²) < 4.78 is 6.87. The van der Waals surface area contributed by atoms with Crippen molar-refractivity contribution in [2.45, 2.75) is 143 Å². The highest BCUT2D eigenvalue weighted by Crippen LogP contribution is 2.60. The van der Waals surface area contributed by atoms with Crippen LogP contribution in [0.1, 0.15) is 119 Å². The summed E-state index contributed by atoms with van der Waals surface area (Å²) in [7, 11) is -1.73. The quantitative estimate of drug-likeness (QED) is 0.179. The van der Waals surface area contributed by atoms with Crippen LogP contribution in [0.4, 0.5) is 0 Å². The first kappa shape index (κ1) is 28.9. The Morgan fingerprint density at radius 2 is 1.89 bits per heavy atom. The van der Waals surface area contributed by atoms with Gasteiger partial charge in [-0.2, -0.15) is 0 Å². The molecular weight excluding hydrogens is 444 g/mol. The molecule has 0 N–H and O–H groups in total. The molecule has 2 nitrogen and oxygen atoms in total. The smallest absolute Gasteiger partial charge is 0.192 e. The van der Waals surface area contributed by atoms with E-state index in [9.17, 15) is 4.79 Å². The van der Waals surface area contributed by atoms with E-state index >= 15 is 0 Å². The SMILES string of the molecule is C[C@@H]1C/C(=C/C=C2\CCC[C@]3(C)[C@@H]([C@H](C)CCCCC=O)CC[C@@H]23)C[C@@H](O[Si](C)(C)C(C)(C)C)C1. The van der Waals surface area contributed by atoms with Crippen LogP contribution in [0, 0.1) is 29.1 Å². The van der Waals surface area contributed by atoms with Crippen LogP contribution in [0.3, 0.4) is 0 Å². The molecule has 0 heterocycles. The Hall–Kier alpha value is -0.673. The third-order valence-electron chi connectivity index (χ3n) is 10.5. The molecule has 0 amide bonds. The number of unbranched alkanes of at least 4 members (excludes halogenated alkanes) is 2. The number of allylic oxidation sites excluding steroid dienone is 3. The van der Waals surface area contributed by atoms with E-state index in [1.807, 2.05) is 0 Å². The molecule has 3 saturated carbocycles. The van der Waals surface area contributed by atoms with Crippen LogP contribution in [0.2, 0.25) is 18.1 Å². The molecule has 0 radical (unpaired) electrons. The van der Waals surface area contributed by atoms with Crippen molar-refractivity contribution in [1.82, 2.24) is 0 Å². The lowest BCUT2D eigenvalue weighted by molar-refractivity contribution is -0.107. The maximum absolute atomic E-state index is 10.7. The average molecular weight is 501 g/mol. The summed E-state index contributed by atoms with van der Waals surface area (Å²) in [6.45, 7) is 19.4. The second-order valence-corrected chi connectivity index (χ2v) is 19.1. The number of carbonyl (C=O) groups is 1. The average Bonchev–Trinajstić information content (AvgIpc) is 3.11. The highest BCUT2D eigenvalue weighted by Gasteiger charge is 2.50. The lowest BCUT2D eigenvalue weighted by Crippen LogP contribution is -2.45.